The van der Waals surface area contributed by atoms with E-state index in [0.717, 1.165) is 25.7 Å². The molecule has 0 aromatic carbocycles. The summed E-state index contributed by atoms with van der Waals surface area (Å²) in [5.74, 6) is -0.211. The molecule has 0 fully saturated rings. The van der Waals surface area contributed by atoms with Crippen LogP contribution in [0.5, 0.6) is 0 Å². The van der Waals surface area contributed by atoms with Gasteiger partial charge in [-0.25, -0.2) is 0 Å². The van der Waals surface area contributed by atoms with Gasteiger partial charge in [-0.1, -0.05) is 42.5 Å². The summed E-state index contributed by atoms with van der Waals surface area (Å²) in [7, 11) is 0. The molecule has 0 N–H and O–H groups in total. The number of ether oxygens (including phenoxy) is 1. The van der Waals surface area contributed by atoms with Gasteiger partial charge >= 0.3 is 5.97 Å². The topological polar surface area (TPSA) is 39.2 Å². The Morgan fingerprint density at radius 1 is 1.27 bits per heavy atom. The third kappa shape index (κ3) is 9.70. The maximum atomic E-state index is 10.7. The molecule has 0 aliphatic rings. The zero-order valence-electron chi connectivity index (χ0n) is 13.4. The lowest BCUT2D eigenvalue weighted by Crippen LogP contribution is -2.11. The second-order valence-electron chi connectivity index (χ2n) is 5.13. The first kappa shape index (κ1) is 17.9. The molecular weight excluding hydrogens is 274 g/mol. The van der Waals surface area contributed by atoms with E-state index in [9.17, 15) is 4.79 Å². The first-order chi connectivity index (χ1) is 10.7. The Hall–Kier alpha value is -2.16. The van der Waals surface area contributed by atoms with Crippen LogP contribution in [-0.2, 0) is 16.0 Å². The Balaban J connectivity index is 2.08. The van der Waals surface area contributed by atoms with Gasteiger partial charge in [0.15, 0.2) is 0 Å². The zero-order chi connectivity index (χ0) is 16.0. The molecule has 0 amide bonds. The van der Waals surface area contributed by atoms with E-state index in [1.807, 2.05) is 19.2 Å². The van der Waals surface area contributed by atoms with Gasteiger partial charge in [0.25, 0.3) is 0 Å². The second kappa shape index (κ2) is 11.5. The van der Waals surface area contributed by atoms with Crippen LogP contribution in [0.1, 0.15) is 38.7 Å². The van der Waals surface area contributed by atoms with Gasteiger partial charge in [-0.05, 0) is 44.2 Å². The lowest BCUT2D eigenvalue weighted by molar-refractivity contribution is -0.145. The number of carbonyl (C=O) groups is 1. The van der Waals surface area contributed by atoms with Gasteiger partial charge in [0.05, 0.1) is 6.10 Å². The highest BCUT2D eigenvalue weighted by molar-refractivity contribution is 5.66. The molecule has 0 radical (unpaired) electrons. The molecule has 3 heteroatoms. The molecule has 0 spiro atoms. The van der Waals surface area contributed by atoms with Gasteiger partial charge in [0, 0.05) is 19.3 Å². The number of aromatic nitrogens is 1. The van der Waals surface area contributed by atoms with Crippen LogP contribution < -0.4 is 0 Å². The number of hydrogen-bond acceptors (Lipinski definition) is 3. The van der Waals surface area contributed by atoms with Gasteiger partial charge in [-0.15, -0.1) is 0 Å². The summed E-state index contributed by atoms with van der Waals surface area (Å²) in [6, 6.07) is 4.02. The van der Waals surface area contributed by atoms with Crippen molar-refractivity contribution in [2.24, 2.45) is 0 Å². The molecule has 22 heavy (non-hydrogen) atoms. The first-order valence-corrected chi connectivity index (χ1v) is 7.71. The van der Waals surface area contributed by atoms with Gasteiger partial charge in [-0.3, -0.25) is 9.78 Å². The summed E-state index contributed by atoms with van der Waals surface area (Å²) in [4.78, 5) is 14.8. The average Bonchev–Trinajstić information content (AvgIpc) is 2.49. The van der Waals surface area contributed by atoms with Crippen molar-refractivity contribution < 1.29 is 9.53 Å². The van der Waals surface area contributed by atoms with Crippen molar-refractivity contribution in [3.05, 3.63) is 66.5 Å². The number of pyridine rings is 1. The Bertz CT molecular complexity index is 503. The number of esters is 1. The van der Waals surface area contributed by atoms with Gasteiger partial charge in [0.1, 0.15) is 0 Å². The van der Waals surface area contributed by atoms with Crippen molar-refractivity contribution in [3.63, 3.8) is 0 Å². The van der Waals surface area contributed by atoms with E-state index in [1.54, 1.807) is 6.20 Å². The average molecular weight is 299 g/mol. The number of rotatable bonds is 9. The monoisotopic (exact) mass is 299 g/mol. The predicted octanol–water partition coefficient (Wildman–Crippen LogP) is 4.41. The smallest absolute Gasteiger partial charge is 0.302 e. The first-order valence-electron chi connectivity index (χ1n) is 7.71. The molecule has 0 unspecified atom stereocenters. The fourth-order valence-corrected chi connectivity index (χ4v) is 1.92. The Morgan fingerprint density at radius 2 is 2.09 bits per heavy atom. The molecule has 1 aromatic heterocycles. The van der Waals surface area contributed by atoms with E-state index in [0.29, 0.717) is 0 Å². The number of carbonyl (C=O) groups excluding carboxylic acids is 1. The summed E-state index contributed by atoms with van der Waals surface area (Å²) >= 11 is 0. The van der Waals surface area contributed by atoms with Crippen LogP contribution in [0.4, 0.5) is 0 Å². The molecular formula is C19H25NO2. The van der Waals surface area contributed by atoms with Crippen molar-refractivity contribution in [1.82, 2.24) is 4.98 Å². The molecule has 3 nitrogen and oxygen atoms in total. The molecule has 0 saturated carbocycles. The summed E-state index contributed by atoms with van der Waals surface area (Å²) in [6.45, 7) is 3.36. The Morgan fingerprint density at radius 3 is 2.82 bits per heavy atom. The number of hydrogen-bond donors (Lipinski definition) is 0. The van der Waals surface area contributed by atoms with E-state index in [4.69, 9.17) is 4.74 Å². The molecule has 0 aliphatic heterocycles. The minimum absolute atomic E-state index is 0.00639. The second-order valence-corrected chi connectivity index (χ2v) is 5.13. The van der Waals surface area contributed by atoms with Crippen molar-refractivity contribution in [2.45, 2.75) is 45.6 Å². The fourth-order valence-electron chi connectivity index (χ4n) is 1.92. The molecule has 1 atom stereocenters. The number of nitrogens with zero attached hydrogens (tertiary/aromatic N) is 1. The van der Waals surface area contributed by atoms with E-state index < -0.39 is 0 Å². The van der Waals surface area contributed by atoms with Crippen molar-refractivity contribution in [2.75, 3.05) is 0 Å². The van der Waals surface area contributed by atoms with Crippen molar-refractivity contribution >= 4 is 5.97 Å². The quantitative estimate of drug-likeness (QED) is 0.385. The SMILES string of the molecule is CC(=O)O[C@@H](C)CC/C=C/C/C=C/C=C/Cc1cccnc1. The van der Waals surface area contributed by atoms with Crippen LogP contribution in [0.3, 0.4) is 0 Å². The largest absolute Gasteiger partial charge is 0.463 e. The lowest BCUT2D eigenvalue weighted by Gasteiger charge is -2.09. The van der Waals surface area contributed by atoms with Crippen LogP contribution in [0, 0.1) is 0 Å². The lowest BCUT2D eigenvalue weighted by atomic mass is 10.2. The highest BCUT2D eigenvalue weighted by atomic mass is 16.5. The highest BCUT2D eigenvalue weighted by Gasteiger charge is 2.02. The molecule has 0 saturated heterocycles. The predicted molar refractivity (Wildman–Crippen MR) is 90.4 cm³/mol. The van der Waals surface area contributed by atoms with E-state index >= 15 is 0 Å². The van der Waals surface area contributed by atoms with Gasteiger partial charge in [0.2, 0.25) is 0 Å². The van der Waals surface area contributed by atoms with Crippen molar-refractivity contribution in [3.8, 4) is 0 Å². The van der Waals surface area contributed by atoms with Crippen LogP contribution >= 0.6 is 0 Å². The molecule has 1 rings (SSSR count). The molecule has 1 heterocycles. The highest BCUT2D eigenvalue weighted by Crippen LogP contribution is 2.03. The third-order valence-electron chi connectivity index (χ3n) is 3.01. The van der Waals surface area contributed by atoms with Gasteiger partial charge < -0.3 is 4.74 Å². The Kier molecular flexibility index (Phi) is 9.35. The third-order valence-corrected chi connectivity index (χ3v) is 3.01. The zero-order valence-corrected chi connectivity index (χ0v) is 13.4. The maximum Gasteiger partial charge on any atom is 0.302 e. The van der Waals surface area contributed by atoms with E-state index in [2.05, 4.69) is 47.5 Å². The van der Waals surface area contributed by atoms with Crippen LogP contribution in [0.15, 0.2) is 61.0 Å². The Labute approximate surface area is 133 Å². The minimum Gasteiger partial charge on any atom is -0.463 e. The van der Waals surface area contributed by atoms with Crippen molar-refractivity contribution in [1.29, 1.82) is 0 Å². The summed E-state index contributed by atoms with van der Waals surface area (Å²) < 4.78 is 5.06. The van der Waals surface area contributed by atoms with Crippen LogP contribution in [0.25, 0.3) is 0 Å². The maximum absolute atomic E-state index is 10.7. The van der Waals surface area contributed by atoms with Crippen LogP contribution in [-0.4, -0.2) is 17.1 Å². The summed E-state index contributed by atoms with van der Waals surface area (Å²) in [5.41, 5.74) is 1.22. The molecule has 118 valence electrons. The molecule has 1 aromatic rings. The molecule has 0 bridgehead atoms. The molecule has 0 aliphatic carbocycles. The van der Waals surface area contributed by atoms with E-state index in [1.165, 1.54) is 12.5 Å². The van der Waals surface area contributed by atoms with Crippen LogP contribution in [0.2, 0.25) is 0 Å². The summed E-state index contributed by atoms with van der Waals surface area (Å²) in [6.07, 6.45) is 19.9. The van der Waals surface area contributed by atoms with Gasteiger partial charge in [-0.2, -0.15) is 0 Å². The number of allylic oxidation sites excluding steroid dienone is 6. The normalized spacial score (nSPS) is 13.2. The minimum atomic E-state index is -0.211. The summed E-state index contributed by atoms with van der Waals surface area (Å²) in [5, 5.41) is 0. The standard InChI is InChI=1S/C19H25NO2/c1-17(22-18(2)21)12-9-7-5-3-4-6-8-10-13-19-14-11-15-20-16-19/h4-8,10-11,14-17H,3,9,12-13H2,1-2H3/b6-4+,7-5+,10-8+/t17-/m0/s1. The van der Waals surface area contributed by atoms with E-state index in [-0.39, 0.29) is 12.1 Å². The fraction of sp³-hybridized carbons (Fsp3) is 0.368.